The van der Waals surface area contributed by atoms with E-state index in [0.29, 0.717) is 21.9 Å². The summed E-state index contributed by atoms with van der Waals surface area (Å²) in [5, 5.41) is 5.56. The van der Waals surface area contributed by atoms with Crippen LogP contribution in [0, 0.1) is 0 Å². The Hall–Kier alpha value is -3.44. The van der Waals surface area contributed by atoms with Gasteiger partial charge in [0.1, 0.15) is 5.58 Å². The Morgan fingerprint density at radius 2 is 1.85 bits per heavy atom. The van der Waals surface area contributed by atoms with Gasteiger partial charge in [-0.2, -0.15) is 5.10 Å². The second-order valence-corrected chi connectivity index (χ2v) is 6.22. The van der Waals surface area contributed by atoms with Crippen molar-refractivity contribution in [2.45, 2.75) is 0 Å². The Bertz CT molecular complexity index is 1120. The van der Waals surface area contributed by atoms with E-state index in [1.165, 1.54) is 6.21 Å². The van der Waals surface area contributed by atoms with Gasteiger partial charge >= 0.3 is 0 Å². The molecule has 0 atom stereocenters. The van der Waals surface area contributed by atoms with Crippen LogP contribution in [0.1, 0.15) is 16.1 Å². The van der Waals surface area contributed by atoms with Gasteiger partial charge in [0.2, 0.25) is 0 Å². The number of rotatable bonds is 4. The fourth-order valence-corrected chi connectivity index (χ4v) is 2.97. The van der Waals surface area contributed by atoms with Crippen LogP contribution in [0.5, 0.6) is 0 Å². The number of halogens is 1. The molecule has 5 nitrogen and oxygen atoms in total. The lowest BCUT2D eigenvalue weighted by atomic mass is 10.0. The normalized spacial score (nSPS) is 11.1. The van der Waals surface area contributed by atoms with Crippen LogP contribution in [0.3, 0.4) is 0 Å². The molecule has 27 heavy (non-hydrogen) atoms. The number of furan rings is 1. The summed E-state index contributed by atoms with van der Waals surface area (Å²) in [4.78, 5) is 16.0. The molecule has 0 saturated heterocycles. The van der Waals surface area contributed by atoms with Gasteiger partial charge in [0.05, 0.1) is 6.21 Å². The van der Waals surface area contributed by atoms with Crippen molar-refractivity contribution in [3.63, 3.8) is 0 Å². The Kier molecular flexibility index (Phi) is 4.68. The van der Waals surface area contributed by atoms with Gasteiger partial charge in [-0.25, -0.2) is 5.43 Å². The molecular weight excluding hydrogens is 362 g/mol. The number of carbonyl (C=O) groups excluding carboxylic acids is 1. The van der Waals surface area contributed by atoms with E-state index in [1.54, 1.807) is 30.6 Å². The summed E-state index contributed by atoms with van der Waals surface area (Å²) in [5.41, 5.74) is 5.51. The van der Waals surface area contributed by atoms with E-state index < -0.39 is 0 Å². The zero-order valence-electron chi connectivity index (χ0n) is 14.1. The van der Waals surface area contributed by atoms with E-state index in [1.807, 2.05) is 42.5 Å². The van der Waals surface area contributed by atoms with Crippen molar-refractivity contribution in [2.24, 2.45) is 5.10 Å². The lowest BCUT2D eigenvalue weighted by Gasteiger charge is -2.01. The van der Waals surface area contributed by atoms with Gasteiger partial charge in [-0.1, -0.05) is 41.9 Å². The first kappa shape index (κ1) is 17.0. The number of pyridine rings is 1. The molecule has 0 aliphatic heterocycles. The van der Waals surface area contributed by atoms with E-state index in [4.69, 9.17) is 16.0 Å². The Morgan fingerprint density at radius 3 is 2.63 bits per heavy atom. The van der Waals surface area contributed by atoms with Gasteiger partial charge in [0, 0.05) is 33.9 Å². The average molecular weight is 376 g/mol. The molecule has 2 aromatic carbocycles. The molecule has 0 bridgehead atoms. The molecule has 0 saturated carbocycles. The quantitative estimate of drug-likeness (QED) is 0.407. The number of hydrazone groups is 1. The third-order valence-electron chi connectivity index (χ3n) is 4.03. The minimum absolute atomic E-state index is 0.325. The van der Waals surface area contributed by atoms with Crippen LogP contribution in [0.4, 0.5) is 0 Å². The van der Waals surface area contributed by atoms with Crippen LogP contribution >= 0.6 is 11.6 Å². The van der Waals surface area contributed by atoms with Gasteiger partial charge in [0.15, 0.2) is 5.76 Å². The maximum absolute atomic E-state index is 12.1. The number of carbonyl (C=O) groups is 1. The topological polar surface area (TPSA) is 67.5 Å². The van der Waals surface area contributed by atoms with E-state index >= 15 is 0 Å². The fourth-order valence-electron chi connectivity index (χ4n) is 2.80. The summed E-state index contributed by atoms with van der Waals surface area (Å²) in [6, 6.07) is 18.5. The number of benzene rings is 2. The molecule has 0 aliphatic rings. The van der Waals surface area contributed by atoms with Crippen molar-refractivity contribution < 1.29 is 9.21 Å². The minimum Gasteiger partial charge on any atom is -0.454 e. The number of amides is 1. The zero-order valence-corrected chi connectivity index (χ0v) is 14.9. The maximum atomic E-state index is 12.1. The largest absolute Gasteiger partial charge is 0.454 e. The molecule has 0 aliphatic carbocycles. The summed E-state index contributed by atoms with van der Waals surface area (Å²) in [6.07, 6.45) is 4.60. The molecule has 0 radical (unpaired) electrons. The van der Waals surface area contributed by atoms with E-state index in [2.05, 4.69) is 15.5 Å². The molecule has 132 valence electrons. The fraction of sp³-hybridized carbons (Fsp3) is 0. The molecule has 0 spiro atoms. The third-order valence-corrected chi connectivity index (χ3v) is 4.27. The average Bonchev–Trinajstić information content (AvgIpc) is 3.06. The maximum Gasteiger partial charge on any atom is 0.271 e. The molecule has 1 N–H and O–H groups in total. The Labute approximate surface area is 160 Å². The SMILES string of the molecule is O=C(NN=Cc1oc2ccc(Cl)cc2c1-c1ccccc1)c1ccncc1. The molecule has 6 heteroatoms. The van der Waals surface area contributed by atoms with Crippen molar-refractivity contribution in [3.8, 4) is 11.1 Å². The first-order valence-corrected chi connectivity index (χ1v) is 8.61. The van der Waals surface area contributed by atoms with Gasteiger partial charge in [-0.3, -0.25) is 9.78 Å². The first-order valence-electron chi connectivity index (χ1n) is 8.23. The Morgan fingerprint density at radius 1 is 1.07 bits per heavy atom. The van der Waals surface area contributed by atoms with Crippen molar-refractivity contribution in [3.05, 3.63) is 89.4 Å². The smallest absolute Gasteiger partial charge is 0.271 e. The highest BCUT2D eigenvalue weighted by Crippen LogP contribution is 2.35. The molecule has 0 unspecified atom stereocenters. The monoisotopic (exact) mass is 375 g/mol. The first-order chi connectivity index (χ1) is 13.2. The molecule has 4 aromatic rings. The summed E-state index contributed by atoms with van der Waals surface area (Å²) in [5.74, 6) is 0.211. The predicted octanol–water partition coefficient (Wildman–Crippen LogP) is 4.91. The molecule has 4 rings (SSSR count). The number of nitrogens with zero attached hydrogens (tertiary/aromatic N) is 2. The molecule has 2 aromatic heterocycles. The van der Waals surface area contributed by atoms with Crippen molar-refractivity contribution in [2.75, 3.05) is 0 Å². The van der Waals surface area contributed by atoms with E-state index in [9.17, 15) is 4.79 Å². The van der Waals surface area contributed by atoms with Crippen LogP contribution in [-0.4, -0.2) is 17.1 Å². The van der Waals surface area contributed by atoms with Crippen LogP contribution in [0.2, 0.25) is 5.02 Å². The standard InChI is InChI=1S/C21H14ClN3O2/c22-16-6-7-18-17(12-16)20(14-4-2-1-3-5-14)19(27-18)13-24-25-21(26)15-8-10-23-11-9-15/h1-13H,(H,25,26). The highest BCUT2D eigenvalue weighted by Gasteiger charge is 2.15. The van der Waals surface area contributed by atoms with Crippen LogP contribution in [-0.2, 0) is 0 Å². The van der Waals surface area contributed by atoms with Crippen LogP contribution < -0.4 is 5.43 Å². The number of hydrogen-bond acceptors (Lipinski definition) is 4. The highest BCUT2D eigenvalue weighted by molar-refractivity contribution is 6.31. The Balaban J connectivity index is 1.70. The number of fused-ring (bicyclic) bond motifs is 1. The molecule has 0 fully saturated rings. The molecule has 2 heterocycles. The summed E-state index contributed by atoms with van der Waals surface area (Å²) >= 11 is 6.16. The zero-order chi connectivity index (χ0) is 18.6. The number of nitrogens with one attached hydrogen (secondary N) is 1. The molecular formula is C21H14ClN3O2. The van der Waals surface area contributed by atoms with Gasteiger partial charge in [0.25, 0.3) is 5.91 Å². The summed E-state index contributed by atoms with van der Waals surface area (Å²) in [7, 11) is 0. The lowest BCUT2D eigenvalue weighted by Crippen LogP contribution is -2.17. The van der Waals surface area contributed by atoms with Gasteiger partial charge in [-0.15, -0.1) is 0 Å². The lowest BCUT2D eigenvalue weighted by molar-refractivity contribution is 0.0955. The second kappa shape index (κ2) is 7.43. The van der Waals surface area contributed by atoms with Crippen molar-refractivity contribution in [1.29, 1.82) is 0 Å². The number of hydrogen-bond donors (Lipinski definition) is 1. The molecule has 1 amide bonds. The number of aromatic nitrogens is 1. The van der Waals surface area contributed by atoms with Crippen molar-refractivity contribution in [1.82, 2.24) is 10.4 Å². The third kappa shape index (κ3) is 3.59. The second-order valence-electron chi connectivity index (χ2n) is 5.78. The predicted molar refractivity (Wildman–Crippen MR) is 106 cm³/mol. The van der Waals surface area contributed by atoms with Crippen molar-refractivity contribution >= 4 is 34.7 Å². The van der Waals surface area contributed by atoms with E-state index in [-0.39, 0.29) is 5.91 Å². The summed E-state index contributed by atoms with van der Waals surface area (Å²) in [6.45, 7) is 0. The van der Waals surface area contributed by atoms with Crippen LogP contribution in [0.15, 0.2) is 82.6 Å². The van der Waals surface area contributed by atoms with E-state index in [0.717, 1.165) is 16.5 Å². The minimum atomic E-state index is -0.325. The van der Waals surface area contributed by atoms with Crippen LogP contribution in [0.25, 0.3) is 22.1 Å². The van der Waals surface area contributed by atoms with Gasteiger partial charge < -0.3 is 4.42 Å². The van der Waals surface area contributed by atoms with Gasteiger partial charge in [-0.05, 0) is 35.9 Å². The highest BCUT2D eigenvalue weighted by atomic mass is 35.5. The summed E-state index contributed by atoms with van der Waals surface area (Å²) < 4.78 is 5.93.